The Hall–Kier alpha value is -0.170. The van der Waals surface area contributed by atoms with Crippen LogP contribution < -0.4 is 4.72 Å². The zero-order valence-electron chi connectivity index (χ0n) is 10.5. The van der Waals surface area contributed by atoms with Crippen LogP contribution in [0.2, 0.25) is 4.47 Å². The van der Waals surface area contributed by atoms with Gasteiger partial charge in [-0.15, -0.1) is 0 Å². The van der Waals surface area contributed by atoms with E-state index in [2.05, 4.69) is 9.71 Å². The molecular formula is C12H15ClN2O2S2. The van der Waals surface area contributed by atoms with Gasteiger partial charge in [-0.2, -0.15) is 0 Å². The summed E-state index contributed by atoms with van der Waals surface area (Å²) in [5, 5.41) is 0. The number of hydrogen-bond donors (Lipinski definition) is 1. The van der Waals surface area contributed by atoms with Gasteiger partial charge < -0.3 is 0 Å². The van der Waals surface area contributed by atoms with Crippen LogP contribution in [0.5, 0.6) is 0 Å². The highest BCUT2D eigenvalue weighted by atomic mass is 35.5. The van der Waals surface area contributed by atoms with Crippen LogP contribution in [0.15, 0.2) is 4.21 Å². The molecule has 0 saturated heterocycles. The Morgan fingerprint density at radius 3 is 2.47 bits per heavy atom. The monoisotopic (exact) mass is 318 g/mol. The molecule has 4 unspecified atom stereocenters. The van der Waals surface area contributed by atoms with Gasteiger partial charge in [-0.3, -0.25) is 0 Å². The molecule has 7 heteroatoms. The van der Waals surface area contributed by atoms with E-state index < -0.39 is 10.0 Å². The molecule has 2 bridgehead atoms. The summed E-state index contributed by atoms with van der Waals surface area (Å²) in [5.74, 6) is 2.71. The van der Waals surface area contributed by atoms with E-state index in [-0.39, 0.29) is 14.7 Å². The molecule has 1 N–H and O–H groups in total. The number of thiazole rings is 1. The average molecular weight is 319 g/mol. The quantitative estimate of drug-likeness (QED) is 0.931. The van der Waals surface area contributed by atoms with Crippen LogP contribution in [0.1, 0.15) is 25.0 Å². The van der Waals surface area contributed by atoms with Crippen LogP contribution in [0, 0.1) is 30.6 Å². The van der Waals surface area contributed by atoms with E-state index in [1.165, 1.54) is 19.3 Å². The lowest BCUT2D eigenvalue weighted by molar-refractivity contribution is 0.456. The smallest absolute Gasteiger partial charge is 0.229 e. The largest absolute Gasteiger partial charge is 0.252 e. The second kappa shape index (κ2) is 3.93. The van der Waals surface area contributed by atoms with Gasteiger partial charge in [0.2, 0.25) is 0 Å². The number of halogens is 1. The highest BCUT2D eigenvalue weighted by Gasteiger charge is 2.65. The molecule has 1 aromatic heterocycles. The molecular weight excluding hydrogens is 304 g/mol. The highest BCUT2D eigenvalue weighted by Crippen LogP contribution is 2.65. The lowest BCUT2D eigenvalue weighted by atomic mass is 10.0. The lowest BCUT2D eigenvalue weighted by Gasteiger charge is -2.10. The minimum Gasteiger partial charge on any atom is -0.229 e. The molecule has 104 valence electrons. The zero-order valence-corrected chi connectivity index (χ0v) is 12.9. The fraction of sp³-hybridized carbons (Fsp3) is 0.750. The predicted octanol–water partition coefficient (Wildman–Crippen LogP) is 2.43. The SMILES string of the molecule is Cc1nc(Cl)sc1S(=O)(=O)NC1C2C3CCC(C3)C12. The van der Waals surface area contributed by atoms with E-state index in [4.69, 9.17) is 11.6 Å². The summed E-state index contributed by atoms with van der Waals surface area (Å²) in [6, 6.07) is 0.163. The first-order valence-electron chi connectivity index (χ1n) is 6.62. The van der Waals surface area contributed by atoms with Crippen molar-refractivity contribution in [3.8, 4) is 0 Å². The van der Waals surface area contributed by atoms with Gasteiger partial charge in [-0.05, 0) is 49.9 Å². The first kappa shape index (κ1) is 12.6. The number of fused-ring (bicyclic) bond motifs is 5. The summed E-state index contributed by atoms with van der Waals surface area (Å²) < 4.78 is 28.2. The van der Waals surface area contributed by atoms with Crippen molar-refractivity contribution in [2.24, 2.45) is 23.7 Å². The van der Waals surface area contributed by atoms with Crippen LogP contribution >= 0.6 is 22.9 Å². The Morgan fingerprint density at radius 1 is 1.32 bits per heavy atom. The highest BCUT2D eigenvalue weighted by molar-refractivity contribution is 7.91. The van der Waals surface area contributed by atoms with E-state index in [1.807, 2.05) is 0 Å². The second-order valence-electron chi connectivity index (χ2n) is 5.97. The molecule has 1 heterocycles. The maximum absolute atomic E-state index is 12.4. The maximum atomic E-state index is 12.4. The number of sulfonamides is 1. The standard InChI is InChI=1S/C12H15ClN2O2S2/c1-5-11(18-12(13)14-5)19(16,17)15-10-8-6-2-3-7(4-6)9(8)10/h6-10,15H,2-4H2,1H3. The van der Waals surface area contributed by atoms with Crippen LogP contribution in [-0.2, 0) is 10.0 Å². The normalized spacial score (nSPS) is 39.6. The van der Waals surface area contributed by atoms with E-state index in [1.54, 1.807) is 6.92 Å². The maximum Gasteiger partial charge on any atom is 0.252 e. The van der Waals surface area contributed by atoms with Crippen molar-refractivity contribution in [2.75, 3.05) is 0 Å². The first-order valence-corrected chi connectivity index (χ1v) is 9.30. The van der Waals surface area contributed by atoms with Gasteiger partial charge in [0.1, 0.15) is 0 Å². The molecule has 0 radical (unpaired) electrons. The van der Waals surface area contributed by atoms with Crippen LogP contribution in [0.4, 0.5) is 0 Å². The molecule has 3 saturated carbocycles. The summed E-state index contributed by atoms with van der Waals surface area (Å²) in [5.41, 5.74) is 0.497. The van der Waals surface area contributed by atoms with Crippen LogP contribution in [0.25, 0.3) is 0 Å². The third kappa shape index (κ3) is 1.80. The first-order chi connectivity index (χ1) is 8.97. The molecule has 19 heavy (non-hydrogen) atoms. The number of hydrogen-bond acceptors (Lipinski definition) is 4. The third-order valence-electron chi connectivity index (χ3n) is 5.00. The minimum atomic E-state index is -3.45. The number of aryl methyl sites for hydroxylation is 1. The van der Waals surface area contributed by atoms with E-state index in [9.17, 15) is 8.42 Å². The molecule has 0 aliphatic heterocycles. The number of nitrogens with zero attached hydrogens (tertiary/aromatic N) is 1. The summed E-state index contributed by atoms with van der Waals surface area (Å²) in [4.78, 5) is 3.98. The van der Waals surface area contributed by atoms with Crippen LogP contribution in [0.3, 0.4) is 0 Å². The van der Waals surface area contributed by atoms with Crippen molar-refractivity contribution in [2.45, 2.75) is 36.4 Å². The Balaban J connectivity index is 1.56. The van der Waals surface area contributed by atoms with E-state index >= 15 is 0 Å². The fourth-order valence-corrected chi connectivity index (χ4v) is 7.37. The van der Waals surface area contributed by atoms with Gasteiger partial charge in [-0.25, -0.2) is 18.1 Å². The molecule has 0 aromatic carbocycles. The van der Waals surface area contributed by atoms with Gasteiger partial charge in [0.15, 0.2) is 8.68 Å². The predicted molar refractivity (Wildman–Crippen MR) is 73.8 cm³/mol. The van der Waals surface area contributed by atoms with Gasteiger partial charge >= 0.3 is 0 Å². The average Bonchev–Trinajstić information content (AvgIpc) is 2.71. The van der Waals surface area contributed by atoms with Gasteiger partial charge in [-0.1, -0.05) is 22.9 Å². The molecule has 0 spiro atoms. The molecule has 3 aliphatic rings. The molecule has 4 nitrogen and oxygen atoms in total. The number of rotatable bonds is 3. The summed E-state index contributed by atoms with van der Waals surface area (Å²) in [6.07, 6.45) is 3.89. The van der Waals surface area contributed by atoms with Crippen molar-refractivity contribution < 1.29 is 8.42 Å². The Bertz CT molecular complexity index is 626. The fourth-order valence-electron chi connectivity index (χ4n) is 4.32. The third-order valence-corrected chi connectivity index (χ3v) is 8.33. The van der Waals surface area contributed by atoms with Crippen molar-refractivity contribution in [1.82, 2.24) is 9.71 Å². The molecule has 4 atom stereocenters. The minimum absolute atomic E-state index is 0.163. The van der Waals surface area contributed by atoms with Crippen molar-refractivity contribution in [3.05, 3.63) is 10.2 Å². The van der Waals surface area contributed by atoms with Crippen molar-refractivity contribution >= 4 is 33.0 Å². The van der Waals surface area contributed by atoms with Gasteiger partial charge in [0, 0.05) is 6.04 Å². The summed E-state index contributed by atoms with van der Waals surface area (Å²) >= 11 is 6.83. The Morgan fingerprint density at radius 2 is 1.95 bits per heavy atom. The van der Waals surface area contributed by atoms with Gasteiger partial charge in [0.25, 0.3) is 10.0 Å². The van der Waals surface area contributed by atoms with Crippen molar-refractivity contribution in [1.29, 1.82) is 0 Å². The van der Waals surface area contributed by atoms with E-state index in [0.29, 0.717) is 17.5 Å². The Kier molecular flexibility index (Phi) is 2.60. The topological polar surface area (TPSA) is 59.1 Å². The van der Waals surface area contributed by atoms with E-state index in [0.717, 1.165) is 23.2 Å². The molecule has 1 aromatic rings. The second-order valence-corrected chi connectivity index (χ2v) is 9.47. The zero-order chi connectivity index (χ0) is 13.4. The molecule has 4 rings (SSSR count). The number of nitrogens with one attached hydrogen (secondary N) is 1. The number of aromatic nitrogens is 1. The summed E-state index contributed by atoms with van der Waals surface area (Å²) in [7, 11) is -3.45. The van der Waals surface area contributed by atoms with Gasteiger partial charge in [0.05, 0.1) is 5.69 Å². The molecule has 3 fully saturated rings. The molecule has 0 amide bonds. The lowest BCUT2D eigenvalue weighted by Crippen LogP contribution is -2.29. The van der Waals surface area contributed by atoms with Crippen molar-refractivity contribution in [3.63, 3.8) is 0 Å². The summed E-state index contributed by atoms with van der Waals surface area (Å²) in [6.45, 7) is 1.69. The Labute approximate surface area is 121 Å². The molecule has 3 aliphatic carbocycles. The van der Waals surface area contributed by atoms with Crippen LogP contribution in [-0.4, -0.2) is 19.4 Å².